The topological polar surface area (TPSA) is 35.2 Å². The molecule has 2 aromatic carbocycles. The molecule has 0 aliphatic heterocycles. The smallest absolute Gasteiger partial charge is 0.132 e. The Morgan fingerprint density at radius 1 is 1.10 bits per heavy atom. The first-order chi connectivity index (χ1) is 9.52. The van der Waals surface area contributed by atoms with Gasteiger partial charge in [0.1, 0.15) is 11.5 Å². The minimum Gasteiger partial charge on any atom is -0.457 e. The minimum atomic E-state index is 0.548. The summed E-state index contributed by atoms with van der Waals surface area (Å²) in [5.41, 5.74) is 10.2. The molecule has 0 radical (unpaired) electrons. The lowest BCUT2D eigenvalue weighted by atomic mass is 10.1. The van der Waals surface area contributed by atoms with Crippen molar-refractivity contribution in [2.75, 3.05) is 6.54 Å². The summed E-state index contributed by atoms with van der Waals surface area (Å²) in [6.07, 6.45) is 0.707. The second-order valence-electron chi connectivity index (χ2n) is 5.06. The van der Waals surface area contributed by atoms with Crippen LogP contribution in [0.2, 0.25) is 5.02 Å². The average molecular weight is 290 g/mol. The van der Waals surface area contributed by atoms with E-state index in [9.17, 15) is 0 Å². The monoisotopic (exact) mass is 289 g/mol. The highest BCUT2D eigenvalue weighted by Crippen LogP contribution is 2.33. The van der Waals surface area contributed by atoms with Crippen molar-refractivity contribution in [3.8, 4) is 11.5 Å². The van der Waals surface area contributed by atoms with Gasteiger partial charge in [0.05, 0.1) is 0 Å². The quantitative estimate of drug-likeness (QED) is 0.895. The van der Waals surface area contributed by atoms with E-state index in [0.29, 0.717) is 18.0 Å². The van der Waals surface area contributed by atoms with Crippen LogP contribution in [0.3, 0.4) is 0 Å². The standard InChI is InChI=1S/C17H20ClNO/c1-11-9-12(2)13(3)17(10-11)20-16-6-4-5-15(18)14(16)7-8-19/h4-6,9-10H,7-8,19H2,1-3H3. The van der Waals surface area contributed by atoms with Crippen LogP contribution in [0.1, 0.15) is 22.3 Å². The van der Waals surface area contributed by atoms with Crippen molar-refractivity contribution >= 4 is 11.6 Å². The summed E-state index contributed by atoms with van der Waals surface area (Å²) in [7, 11) is 0. The summed E-state index contributed by atoms with van der Waals surface area (Å²) < 4.78 is 6.10. The first-order valence-electron chi connectivity index (χ1n) is 6.76. The summed E-state index contributed by atoms with van der Waals surface area (Å²) >= 11 is 6.24. The molecule has 2 nitrogen and oxygen atoms in total. The van der Waals surface area contributed by atoms with Gasteiger partial charge in [0.15, 0.2) is 0 Å². The highest BCUT2D eigenvalue weighted by atomic mass is 35.5. The maximum Gasteiger partial charge on any atom is 0.132 e. The van der Waals surface area contributed by atoms with Gasteiger partial charge in [-0.05, 0) is 68.6 Å². The number of benzene rings is 2. The van der Waals surface area contributed by atoms with E-state index in [-0.39, 0.29) is 0 Å². The van der Waals surface area contributed by atoms with Crippen LogP contribution in [-0.2, 0) is 6.42 Å². The summed E-state index contributed by atoms with van der Waals surface area (Å²) in [5, 5.41) is 0.704. The van der Waals surface area contributed by atoms with Gasteiger partial charge in [-0.3, -0.25) is 0 Å². The van der Waals surface area contributed by atoms with Gasteiger partial charge < -0.3 is 10.5 Å². The second-order valence-corrected chi connectivity index (χ2v) is 5.47. The van der Waals surface area contributed by atoms with Gasteiger partial charge in [0, 0.05) is 10.6 Å². The van der Waals surface area contributed by atoms with Crippen molar-refractivity contribution in [2.45, 2.75) is 27.2 Å². The number of ether oxygens (including phenoxy) is 1. The molecular formula is C17H20ClNO. The fraction of sp³-hybridized carbons (Fsp3) is 0.294. The van der Waals surface area contributed by atoms with Gasteiger partial charge >= 0.3 is 0 Å². The maximum atomic E-state index is 6.24. The maximum absolute atomic E-state index is 6.24. The molecule has 106 valence electrons. The number of nitrogens with two attached hydrogens (primary N) is 1. The normalized spacial score (nSPS) is 10.7. The van der Waals surface area contributed by atoms with E-state index in [2.05, 4.69) is 32.9 Å². The third-order valence-electron chi connectivity index (χ3n) is 3.45. The van der Waals surface area contributed by atoms with E-state index in [1.165, 1.54) is 11.1 Å². The molecule has 3 heteroatoms. The lowest BCUT2D eigenvalue weighted by Crippen LogP contribution is -2.05. The number of halogens is 1. The Kier molecular flexibility index (Phi) is 4.69. The molecule has 0 spiro atoms. The molecule has 0 aliphatic carbocycles. The van der Waals surface area contributed by atoms with Crippen LogP contribution < -0.4 is 10.5 Å². The van der Waals surface area contributed by atoms with E-state index in [4.69, 9.17) is 22.1 Å². The number of rotatable bonds is 4. The fourth-order valence-electron chi connectivity index (χ4n) is 2.25. The van der Waals surface area contributed by atoms with E-state index in [1.54, 1.807) is 0 Å². The lowest BCUT2D eigenvalue weighted by molar-refractivity contribution is 0.471. The Balaban J connectivity index is 2.42. The Morgan fingerprint density at radius 3 is 2.55 bits per heavy atom. The van der Waals surface area contributed by atoms with E-state index in [1.807, 2.05) is 18.2 Å². The molecule has 0 aromatic heterocycles. The molecule has 0 heterocycles. The molecule has 0 fully saturated rings. The highest BCUT2D eigenvalue weighted by molar-refractivity contribution is 6.31. The molecule has 0 aliphatic rings. The molecule has 2 N–H and O–H groups in total. The molecular weight excluding hydrogens is 270 g/mol. The van der Waals surface area contributed by atoms with Gasteiger partial charge in [-0.15, -0.1) is 0 Å². The van der Waals surface area contributed by atoms with Gasteiger partial charge in [-0.1, -0.05) is 23.7 Å². The van der Waals surface area contributed by atoms with Crippen molar-refractivity contribution < 1.29 is 4.74 Å². The van der Waals surface area contributed by atoms with Gasteiger partial charge in [-0.25, -0.2) is 0 Å². The molecule has 2 aromatic rings. The summed E-state index contributed by atoms with van der Waals surface area (Å²) in [5.74, 6) is 1.67. The summed E-state index contributed by atoms with van der Waals surface area (Å²) in [6.45, 7) is 6.77. The first kappa shape index (κ1) is 14.9. The van der Waals surface area contributed by atoms with Crippen LogP contribution in [0, 0.1) is 20.8 Å². The molecule has 20 heavy (non-hydrogen) atoms. The molecule has 0 amide bonds. The highest BCUT2D eigenvalue weighted by Gasteiger charge is 2.11. The van der Waals surface area contributed by atoms with E-state index in [0.717, 1.165) is 22.6 Å². The first-order valence-corrected chi connectivity index (χ1v) is 7.14. The minimum absolute atomic E-state index is 0.548. The van der Waals surface area contributed by atoms with Gasteiger partial charge in [0.2, 0.25) is 0 Å². The second kappa shape index (κ2) is 6.29. The Labute approximate surface area is 125 Å². The van der Waals surface area contributed by atoms with Crippen molar-refractivity contribution in [1.82, 2.24) is 0 Å². The van der Waals surface area contributed by atoms with Crippen LogP contribution in [-0.4, -0.2) is 6.54 Å². The summed E-state index contributed by atoms with van der Waals surface area (Å²) in [4.78, 5) is 0. The van der Waals surface area contributed by atoms with E-state index < -0.39 is 0 Å². The molecule has 0 unspecified atom stereocenters. The molecule has 0 bridgehead atoms. The zero-order valence-corrected chi connectivity index (χ0v) is 12.9. The van der Waals surface area contributed by atoms with Gasteiger partial charge in [-0.2, -0.15) is 0 Å². The van der Waals surface area contributed by atoms with Crippen LogP contribution in [0.5, 0.6) is 11.5 Å². The average Bonchev–Trinajstić information content (AvgIpc) is 2.39. The molecule has 2 rings (SSSR count). The number of hydrogen-bond donors (Lipinski definition) is 1. The SMILES string of the molecule is Cc1cc(C)c(C)c(Oc2cccc(Cl)c2CCN)c1. The Hall–Kier alpha value is -1.51. The zero-order valence-electron chi connectivity index (χ0n) is 12.2. The van der Waals surface area contributed by atoms with Crippen LogP contribution in [0.15, 0.2) is 30.3 Å². The Morgan fingerprint density at radius 2 is 1.85 bits per heavy atom. The Bertz CT molecular complexity index is 623. The van der Waals surface area contributed by atoms with Crippen molar-refractivity contribution in [3.05, 3.63) is 57.6 Å². The van der Waals surface area contributed by atoms with Crippen LogP contribution in [0.25, 0.3) is 0 Å². The number of aryl methyl sites for hydroxylation is 2. The van der Waals surface area contributed by atoms with Gasteiger partial charge in [0.25, 0.3) is 0 Å². The fourth-order valence-corrected chi connectivity index (χ4v) is 2.51. The van der Waals surface area contributed by atoms with Crippen molar-refractivity contribution in [1.29, 1.82) is 0 Å². The zero-order chi connectivity index (χ0) is 14.7. The van der Waals surface area contributed by atoms with E-state index >= 15 is 0 Å². The third kappa shape index (κ3) is 3.14. The predicted molar refractivity (Wildman–Crippen MR) is 84.9 cm³/mol. The lowest BCUT2D eigenvalue weighted by Gasteiger charge is -2.15. The largest absolute Gasteiger partial charge is 0.457 e. The predicted octanol–water partition coefficient (Wildman–Crippen LogP) is 4.56. The van der Waals surface area contributed by atoms with Crippen molar-refractivity contribution in [3.63, 3.8) is 0 Å². The van der Waals surface area contributed by atoms with Crippen LogP contribution in [0.4, 0.5) is 0 Å². The summed E-state index contributed by atoms with van der Waals surface area (Å²) in [6, 6.07) is 9.91. The number of hydrogen-bond acceptors (Lipinski definition) is 2. The molecule has 0 saturated carbocycles. The molecule has 0 atom stereocenters. The van der Waals surface area contributed by atoms with Crippen LogP contribution >= 0.6 is 11.6 Å². The van der Waals surface area contributed by atoms with Crippen molar-refractivity contribution in [2.24, 2.45) is 5.73 Å². The third-order valence-corrected chi connectivity index (χ3v) is 3.81. The molecule has 0 saturated heterocycles.